The molecule has 10 aromatic rings. The maximum atomic E-state index is 7.23. The van der Waals surface area contributed by atoms with Crippen LogP contribution < -0.4 is 26.0 Å². The van der Waals surface area contributed by atoms with Crippen LogP contribution in [0.4, 0.5) is 17.1 Å². The second-order valence-electron chi connectivity index (χ2n) is 34.4. The Morgan fingerprint density at radius 2 is 0.652 bits per heavy atom. The average molecular weight is 1210 g/mol. The van der Waals surface area contributed by atoms with E-state index in [0.717, 1.165) is 28.3 Å². The molecule has 2 nitrogen and oxygen atoms in total. The van der Waals surface area contributed by atoms with Crippen molar-refractivity contribution < 1.29 is 4.74 Å². The minimum atomic E-state index is -0.853. The summed E-state index contributed by atoms with van der Waals surface area (Å²) in [4.78, 5) is 2.71. The highest BCUT2D eigenvalue weighted by atomic mass is 16.5. The number of hydrogen-bond donors (Lipinski definition) is 0. The zero-order valence-electron chi connectivity index (χ0n) is 59.0. The number of nitrogens with zero attached hydrogens (tertiary/aromatic N) is 1. The van der Waals surface area contributed by atoms with Gasteiger partial charge in [0.25, 0.3) is 0 Å². The molecule has 92 heavy (non-hydrogen) atoms. The zero-order chi connectivity index (χ0) is 65.8. The van der Waals surface area contributed by atoms with E-state index in [1.165, 1.54) is 122 Å². The van der Waals surface area contributed by atoms with Crippen LogP contribution in [-0.2, 0) is 43.3 Å². The van der Waals surface area contributed by atoms with Crippen LogP contribution in [0.25, 0.3) is 44.5 Å². The van der Waals surface area contributed by atoms with Gasteiger partial charge in [0.05, 0.1) is 11.1 Å². The summed E-state index contributed by atoms with van der Waals surface area (Å²) in [6.07, 6.45) is 0. The lowest BCUT2D eigenvalue weighted by atomic mass is 9.29. The molecule has 0 radical (unpaired) electrons. The van der Waals surface area contributed by atoms with Gasteiger partial charge in [-0.1, -0.05) is 309 Å². The molecule has 3 aliphatic heterocycles. The van der Waals surface area contributed by atoms with E-state index < -0.39 is 5.41 Å². The van der Waals surface area contributed by atoms with Crippen molar-refractivity contribution in [2.75, 3.05) is 4.90 Å². The molecule has 0 aromatic heterocycles. The smallest absolute Gasteiger partial charge is 0.247 e. The van der Waals surface area contributed by atoms with Crippen LogP contribution in [0.3, 0.4) is 0 Å². The molecule has 10 aromatic carbocycles. The summed E-state index contributed by atoms with van der Waals surface area (Å²) in [6.45, 7) is 49.3. The Kier molecular flexibility index (Phi) is 14.6. The molecule has 1 spiro atoms. The molecule has 3 heteroatoms. The summed E-state index contributed by atoms with van der Waals surface area (Å²) in [7, 11) is 0. The Labute approximate surface area is 552 Å². The standard InChI is InChI=1S/C89H96BNO/c1-82(2,3)62-37-40-76(69(54-62)55-29-23-22-24-30-55)91-77-49-57(59-43-65(85(10,11)12)52-66(44-59)86(13,14)15)36-39-75(77)90-74-38-35-56(58-41-63(83(4,5)6)51-64(42-58)84(7,8)9)47-72(74)89(70-31-25-27-33-79(70)92-80-34-28-26-32-71(80)89)73-48-61(50-78(91)81(73)90)60-45-67(87(16,17)18)53-68(46-60)88(19,20)21/h22-54H,1-21H3. The first-order chi connectivity index (χ1) is 43.0. The first-order valence-electron chi connectivity index (χ1n) is 33.8. The second-order valence-corrected chi connectivity index (χ2v) is 34.4. The molecule has 466 valence electrons. The number of fused-ring (bicyclic) bond motifs is 10. The van der Waals surface area contributed by atoms with Gasteiger partial charge in [-0.15, -0.1) is 0 Å². The Morgan fingerprint density at radius 3 is 1.11 bits per heavy atom. The number of hydrogen-bond acceptors (Lipinski definition) is 2. The highest BCUT2D eigenvalue weighted by Crippen LogP contribution is 2.59. The van der Waals surface area contributed by atoms with Gasteiger partial charge in [-0.2, -0.15) is 0 Å². The largest absolute Gasteiger partial charge is 0.457 e. The van der Waals surface area contributed by atoms with Gasteiger partial charge in [0.15, 0.2) is 0 Å². The molecular formula is C89H96BNO. The van der Waals surface area contributed by atoms with Crippen molar-refractivity contribution >= 4 is 40.2 Å². The van der Waals surface area contributed by atoms with Gasteiger partial charge in [-0.25, -0.2) is 0 Å². The van der Waals surface area contributed by atoms with Gasteiger partial charge in [0, 0.05) is 28.1 Å². The Bertz CT molecular complexity index is 4440. The Hall–Kier alpha value is -8.14. The number of rotatable bonds is 5. The van der Waals surface area contributed by atoms with E-state index in [-0.39, 0.29) is 44.6 Å². The predicted octanol–water partition coefficient (Wildman–Crippen LogP) is 22.5. The van der Waals surface area contributed by atoms with E-state index in [9.17, 15) is 0 Å². The van der Waals surface area contributed by atoms with Crippen LogP contribution in [0.1, 0.15) is 207 Å². The third-order valence-corrected chi connectivity index (χ3v) is 20.4. The third kappa shape index (κ3) is 10.8. The molecule has 0 N–H and O–H groups in total. The van der Waals surface area contributed by atoms with Crippen molar-refractivity contribution in [2.45, 2.75) is 189 Å². The number of para-hydroxylation sites is 2. The normalized spacial score (nSPS) is 14.5. The van der Waals surface area contributed by atoms with Crippen LogP contribution in [0.2, 0.25) is 0 Å². The van der Waals surface area contributed by atoms with Crippen LogP contribution in [0.15, 0.2) is 200 Å². The van der Waals surface area contributed by atoms with E-state index >= 15 is 0 Å². The molecule has 0 atom stereocenters. The highest BCUT2D eigenvalue weighted by Gasteiger charge is 2.55. The van der Waals surface area contributed by atoms with Crippen molar-refractivity contribution in [1.29, 1.82) is 0 Å². The van der Waals surface area contributed by atoms with E-state index in [1.54, 1.807) is 0 Å². The van der Waals surface area contributed by atoms with Crippen molar-refractivity contribution in [1.82, 2.24) is 0 Å². The molecule has 3 aliphatic rings. The maximum absolute atomic E-state index is 7.23. The van der Waals surface area contributed by atoms with Gasteiger partial charge < -0.3 is 9.64 Å². The van der Waals surface area contributed by atoms with Gasteiger partial charge in [-0.05, 0) is 180 Å². The molecule has 0 unspecified atom stereocenters. The first kappa shape index (κ1) is 62.7. The third-order valence-electron chi connectivity index (χ3n) is 20.4. The first-order valence-corrected chi connectivity index (χ1v) is 33.8. The lowest BCUT2D eigenvalue weighted by Crippen LogP contribution is -2.65. The average Bonchev–Trinajstić information content (AvgIpc) is 0.666. The molecule has 13 rings (SSSR count). The molecular weight excluding hydrogens is 1110 g/mol. The minimum absolute atomic E-state index is 0.0665. The molecule has 0 amide bonds. The maximum Gasteiger partial charge on any atom is 0.247 e. The van der Waals surface area contributed by atoms with Crippen LogP contribution >= 0.6 is 0 Å². The summed E-state index contributed by atoms with van der Waals surface area (Å²) >= 11 is 0. The fraction of sp³-hybridized carbons (Fsp3) is 0.326. The van der Waals surface area contributed by atoms with Gasteiger partial charge >= 0.3 is 0 Å². The van der Waals surface area contributed by atoms with Crippen LogP contribution in [0, 0.1) is 0 Å². The van der Waals surface area contributed by atoms with Crippen LogP contribution in [-0.4, -0.2) is 6.71 Å². The van der Waals surface area contributed by atoms with E-state index in [4.69, 9.17) is 4.74 Å². The monoisotopic (exact) mass is 1210 g/mol. The molecule has 0 aliphatic carbocycles. The summed E-state index contributed by atoms with van der Waals surface area (Å²) in [6, 6.07) is 79.0. The Morgan fingerprint density at radius 1 is 0.272 bits per heavy atom. The van der Waals surface area contributed by atoms with Crippen molar-refractivity contribution in [3.63, 3.8) is 0 Å². The van der Waals surface area contributed by atoms with Crippen molar-refractivity contribution in [3.8, 4) is 56.0 Å². The summed E-state index contributed by atoms with van der Waals surface area (Å²) < 4.78 is 7.23. The van der Waals surface area contributed by atoms with Crippen molar-refractivity contribution in [2.24, 2.45) is 0 Å². The van der Waals surface area contributed by atoms with Gasteiger partial charge in [0.2, 0.25) is 6.71 Å². The predicted molar refractivity (Wildman–Crippen MR) is 397 cm³/mol. The molecule has 3 heterocycles. The molecule has 0 saturated heterocycles. The fourth-order valence-corrected chi connectivity index (χ4v) is 14.7. The van der Waals surface area contributed by atoms with Gasteiger partial charge in [-0.3, -0.25) is 0 Å². The minimum Gasteiger partial charge on any atom is -0.457 e. The van der Waals surface area contributed by atoms with Crippen LogP contribution in [0.5, 0.6) is 11.5 Å². The fourth-order valence-electron chi connectivity index (χ4n) is 14.7. The van der Waals surface area contributed by atoms with E-state index in [2.05, 4.69) is 350 Å². The lowest BCUT2D eigenvalue weighted by Gasteiger charge is -2.50. The van der Waals surface area contributed by atoms with Gasteiger partial charge in [0.1, 0.15) is 11.5 Å². The molecule has 0 bridgehead atoms. The molecule has 0 fully saturated rings. The summed E-state index contributed by atoms with van der Waals surface area (Å²) in [5.41, 5.74) is 29.8. The highest BCUT2D eigenvalue weighted by molar-refractivity contribution is 6.99. The quantitative estimate of drug-likeness (QED) is 0.159. The summed E-state index contributed by atoms with van der Waals surface area (Å²) in [5, 5.41) is 0. The zero-order valence-corrected chi connectivity index (χ0v) is 59.0. The number of ether oxygens (including phenoxy) is 1. The topological polar surface area (TPSA) is 12.5 Å². The summed E-state index contributed by atoms with van der Waals surface area (Å²) in [5.74, 6) is 1.76. The second kappa shape index (κ2) is 21.5. The number of anilines is 3. The number of benzene rings is 10. The van der Waals surface area contributed by atoms with Crippen molar-refractivity contribution in [3.05, 3.63) is 261 Å². The van der Waals surface area contributed by atoms with E-state index in [0.29, 0.717) is 0 Å². The SMILES string of the molecule is CC(C)(C)c1cc(-c2ccc3c(c2)N(c2ccc(C(C)(C)C)cc2-c2ccccc2)c2cc(-c4cc(C(C)(C)C)cc(C(C)(C)C)c4)cc4c2B3c2ccc(-c3cc(C(C)(C)C)cc(C(C)(C)C)c3)cc2C42c3ccccc3Oc3ccccc32)cc(C(C)(C)C)c1. The van der Waals surface area contributed by atoms with E-state index in [1.807, 2.05) is 0 Å². The lowest BCUT2D eigenvalue weighted by molar-refractivity contribution is 0.435. The Balaban J connectivity index is 1.25. The molecule has 0 saturated carbocycles.